The van der Waals surface area contributed by atoms with Gasteiger partial charge in [0, 0.05) is 22.7 Å². The van der Waals surface area contributed by atoms with E-state index in [-0.39, 0.29) is 12.2 Å². The molecule has 1 aromatic heterocycles. The van der Waals surface area contributed by atoms with E-state index < -0.39 is 0 Å². The Labute approximate surface area is 116 Å². The van der Waals surface area contributed by atoms with Crippen molar-refractivity contribution < 1.29 is 4.79 Å². The standard InChI is InChI=1S/C14H11Cl2NO/c1-9-3-2-6-17-14(9)13(18)7-10-4-5-11(15)8-12(10)16/h2-6,8H,7H2,1H3. The minimum absolute atomic E-state index is 0.0441. The third kappa shape index (κ3) is 2.89. The SMILES string of the molecule is Cc1cccnc1C(=O)Cc1ccc(Cl)cc1Cl. The molecule has 0 fully saturated rings. The number of benzene rings is 1. The molecule has 0 aliphatic carbocycles. The van der Waals surface area contributed by atoms with Gasteiger partial charge in [-0.15, -0.1) is 0 Å². The lowest BCUT2D eigenvalue weighted by Crippen LogP contribution is -2.08. The van der Waals surface area contributed by atoms with Crippen LogP contribution in [0.3, 0.4) is 0 Å². The largest absolute Gasteiger partial charge is 0.292 e. The summed E-state index contributed by atoms with van der Waals surface area (Å²) in [5.74, 6) is -0.0441. The third-order valence-corrected chi connectivity index (χ3v) is 3.23. The molecule has 0 atom stereocenters. The normalized spacial score (nSPS) is 10.4. The van der Waals surface area contributed by atoms with Gasteiger partial charge in [-0.1, -0.05) is 35.3 Å². The number of ketones is 1. The van der Waals surface area contributed by atoms with Crippen molar-refractivity contribution in [1.29, 1.82) is 0 Å². The van der Waals surface area contributed by atoms with Crippen LogP contribution >= 0.6 is 23.2 Å². The topological polar surface area (TPSA) is 30.0 Å². The van der Waals surface area contributed by atoms with Gasteiger partial charge in [0.25, 0.3) is 0 Å². The first-order chi connectivity index (χ1) is 8.58. The molecule has 2 aromatic rings. The highest BCUT2D eigenvalue weighted by molar-refractivity contribution is 6.35. The van der Waals surface area contributed by atoms with Gasteiger partial charge in [-0.25, -0.2) is 0 Å². The maximum absolute atomic E-state index is 12.1. The summed E-state index contributed by atoms with van der Waals surface area (Å²) >= 11 is 11.9. The predicted molar refractivity (Wildman–Crippen MR) is 73.5 cm³/mol. The highest BCUT2D eigenvalue weighted by Gasteiger charge is 2.13. The molecule has 0 aliphatic heterocycles. The zero-order chi connectivity index (χ0) is 13.1. The van der Waals surface area contributed by atoms with E-state index in [1.54, 1.807) is 30.5 Å². The number of halogens is 2. The van der Waals surface area contributed by atoms with Gasteiger partial charge in [-0.05, 0) is 36.2 Å². The summed E-state index contributed by atoms with van der Waals surface area (Å²) in [6.07, 6.45) is 1.84. The fourth-order valence-electron chi connectivity index (χ4n) is 1.70. The minimum Gasteiger partial charge on any atom is -0.292 e. The van der Waals surface area contributed by atoms with Crippen molar-refractivity contribution in [3.63, 3.8) is 0 Å². The summed E-state index contributed by atoms with van der Waals surface area (Å²) in [6.45, 7) is 1.86. The molecule has 2 nitrogen and oxygen atoms in total. The molecular formula is C14H11Cl2NO. The number of aryl methyl sites for hydroxylation is 1. The van der Waals surface area contributed by atoms with E-state index in [2.05, 4.69) is 4.98 Å². The molecule has 0 saturated carbocycles. The van der Waals surface area contributed by atoms with Gasteiger partial charge in [0.2, 0.25) is 0 Å². The molecule has 0 bridgehead atoms. The van der Waals surface area contributed by atoms with Gasteiger partial charge in [-0.3, -0.25) is 9.78 Å². The van der Waals surface area contributed by atoms with E-state index in [0.29, 0.717) is 15.7 Å². The Morgan fingerprint density at radius 3 is 2.72 bits per heavy atom. The van der Waals surface area contributed by atoms with Crippen LogP contribution < -0.4 is 0 Å². The molecule has 18 heavy (non-hydrogen) atoms. The minimum atomic E-state index is -0.0441. The second-order valence-corrected chi connectivity index (χ2v) is 4.85. The number of aromatic nitrogens is 1. The average molecular weight is 280 g/mol. The average Bonchev–Trinajstić information content (AvgIpc) is 2.33. The van der Waals surface area contributed by atoms with Crippen LogP contribution in [0.1, 0.15) is 21.6 Å². The van der Waals surface area contributed by atoms with Crippen LogP contribution in [-0.4, -0.2) is 10.8 Å². The Morgan fingerprint density at radius 1 is 1.28 bits per heavy atom. The maximum Gasteiger partial charge on any atom is 0.185 e. The molecule has 0 aliphatic rings. The fraction of sp³-hybridized carbons (Fsp3) is 0.143. The molecule has 0 radical (unpaired) electrons. The second kappa shape index (κ2) is 5.51. The second-order valence-electron chi connectivity index (χ2n) is 4.00. The van der Waals surface area contributed by atoms with Crippen molar-refractivity contribution in [2.24, 2.45) is 0 Å². The molecule has 0 spiro atoms. The van der Waals surface area contributed by atoms with Crippen LogP contribution in [0.4, 0.5) is 0 Å². The number of nitrogens with zero attached hydrogens (tertiary/aromatic N) is 1. The van der Waals surface area contributed by atoms with Crippen molar-refractivity contribution in [3.8, 4) is 0 Å². The van der Waals surface area contributed by atoms with E-state index in [9.17, 15) is 4.79 Å². The van der Waals surface area contributed by atoms with Crippen molar-refractivity contribution in [1.82, 2.24) is 4.98 Å². The van der Waals surface area contributed by atoms with Gasteiger partial charge in [0.1, 0.15) is 5.69 Å². The molecule has 0 N–H and O–H groups in total. The van der Waals surface area contributed by atoms with Crippen LogP contribution in [0.5, 0.6) is 0 Å². The molecular weight excluding hydrogens is 269 g/mol. The first-order valence-corrected chi connectivity index (χ1v) is 6.22. The van der Waals surface area contributed by atoms with E-state index in [0.717, 1.165) is 11.1 Å². The fourth-order valence-corrected chi connectivity index (χ4v) is 2.17. The third-order valence-electron chi connectivity index (χ3n) is 2.64. The quantitative estimate of drug-likeness (QED) is 0.791. The number of carbonyl (C=O) groups excluding carboxylic acids is 1. The molecule has 0 unspecified atom stereocenters. The monoisotopic (exact) mass is 279 g/mol. The molecule has 1 aromatic carbocycles. The summed E-state index contributed by atoms with van der Waals surface area (Å²) in [5, 5.41) is 1.06. The number of carbonyl (C=O) groups is 1. The summed E-state index contributed by atoms with van der Waals surface area (Å²) in [5.41, 5.74) is 2.12. The van der Waals surface area contributed by atoms with Gasteiger partial charge in [0.05, 0.1) is 0 Å². The van der Waals surface area contributed by atoms with Crippen molar-refractivity contribution >= 4 is 29.0 Å². The Balaban J connectivity index is 2.24. The van der Waals surface area contributed by atoms with Crippen LogP contribution in [-0.2, 0) is 6.42 Å². The van der Waals surface area contributed by atoms with Gasteiger partial charge in [0.15, 0.2) is 5.78 Å². The Bertz CT molecular complexity index is 596. The summed E-state index contributed by atoms with van der Waals surface area (Å²) in [4.78, 5) is 16.2. The molecule has 0 amide bonds. The first kappa shape index (κ1) is 13.1. The van der Waals surface area contributed by atoms with Gasteiger partial charge in [-0.2, -0.15) is 0 Å². The molecule has 4 heteroatoms. The van der Waals surface area contributed by atoms with Crippen molar-refractivity contribution in [2.45, 2.75) is 13.3 Å². The summed E-state index contributed by atoms with van der Waals surface area (Å²) < 4.78 is 0. The Morgan fingerprint density at radius 2 is 2.06 bits per heavy atom. The maximum atomic E-state index is 12.1. The lowest BCUT2D eigenvalue weighted by atomic mass is 10.0. The van der Waals surface area contributed by atoms with Crippen molar-refractivity contribution in [3.05, 3.63) is 63.4 Å². The van der Waals surface area contributed by atoms with Crippen molar-refractivity contribution in [2.75, 3.05) is 0 Å². The predicted octanol–water partition coefficient (Wildman–Crippen LogP) is 4.12. The van der Waals surface area contributed by atoms with E-state index >= 15 is 0 Å². The molecule has 0 saturated heterocycles. The van der Waals surface area contributed by atoms with E-state index in [1.165, 1.54) is 0 Å². The van der Waals surface area contributed by atoms with Crippen LogP contribution in [0.25, 0.3) is 0 Å². The number of pyridine rings is 1. The number of hydrogen-bond donors (Lipinski definition) is 0. The summed E-state index contributed by atoms with van der Waals surface area (Å²) in [7, 11) is 0. The molecule has 92 valence electrons. The highest BCUT2D eigenvalue weighted by atomic mass is 35.5. The first-order valence-electron chi connectivity index (χ1n) is 5.46. The lowest BCUT2D eigenvalue weighted by molar-refractivity contribution is 0.0987. The Hall–Kier alpha value is -1.38. The van der Waals surface area contributed by atoms with Gasteiger partial charge >= 0.3 is 0 Å². The zero-order valence-corrected chi connectivity index (χ0v) is 11.3. The van der Waals surface area contributed by atoms with E-state index in [1.807, 2.05) is 13.0 Å². The van der Waals surface area contributed by atoms with Crippen LogP contribution in [0.2, 0.25) is 10.0 Å². The number of rotatable bonds is 3. The summed E-state index contributed by atoms with van der Waals surface area (Å²) in [6, 6.07) is 8.80. The number of Topliss-reactive ketones (excluding diaryl/α,β-unsaturated/α-hetero) is 1. The molecule has 2 rings (SSSR count). The molecule has 1 heterocycles. The lowest BCUT2D eigenvalue weighted by Gasteiger charge is -2.05. The smallest absolute Gasteiger partial charge is 0.185 e. The van der Waals surface area contributed by atoms with Gasteiger partial charge < -0.3 is 0 Å². The Kier molecular flexibility index (Phi) is 4.00. The van der Waals surface area contributed by atoms with Crippen LogP contribution in [0.15, 0.2) is 36.5 Å². The number of hydrogen-bond acceptors (Lipinski definition) is 2. The zero-order valence-electron chi connectivity index (χ0n) is 9.78. The highest BCUT2D eigenvalue weighted by Crippen LogP contribution is 2.22. The van der Waals surface area contributed by atoms with Crippen LogP contribution in [0, 0.1) is 6.92 Å². The van der Waals surface area contributed by atoms with E-state index in [4.69, 9.17) is 23.2 Å².